The molecule has 0 radical (unpaired) electrons. The van der Waals surface area contributed by atoms with Crippen LogP contribution in [-0.4, -0.2) is 38.4 Å². The predicted octanol–water partition coefficient (Wildman–Crippen LogP) is 2.22. The standard InChI is InChI=1S/C15H21NO4/c1-4-20-14(17)15(9-13(10-15)19-3)16-11-5-7-12(18-2)8-6-11/h5-8,13,16H,4,9-10H2,1-3H3. The third-order valence-electron chi connectivity index (χ3n) is 3.63. The molecule has 0 atom stereocenters. The van der Waals surface area contributed by atoms with Gasteiger partial charge < -0.3 is 19.5 Å². The van der Waals surface area contributed by atoms with Crippen LogP contribution in [0.15, 0.2) is 24.3 Å². The first-order valence-corrected chi connectivity index (χ1v) is 6.76. The fraction of sp³-hybridized carbons (Fsp3) is 0.533. The second kappa shape index (κ2) is 6.13. The molecule has 1 fully saturated rings. The Hall–Kier alpha value is -1.75. The van der Waals surface area contributed by atoms with E-state index in [1.54, 1.807) is 14.2 Å². The van der Waals surface area contributed by atoms with Crippen LogP contribution in [0.1, 0.15) is 19.8 Å². The molecule has 0 unspecified atom stereocenters. The van der Waals surface area contributed by atoms with Gasteiger partial charge in [0, 0.05) is 25.6 Å². The molecule has 1 aromatic rings. The van der Waals surface area contributed by atoms with Crippen LogP contribution in [0, 0.1) is 0 Å². The number of esters is 1. The van der Waals surface area contributed by atoms with Crippen molar-refractivity contribution in [2.45, 2.75) is 31.4 Å². The van der Waals surface area contributed by atoms with E-state index in [1.165, 1.54) is 0 Å². The van der Waals surface area contributed by atoms with Crippen molar-refractivity contribution in [3.8, 4) is 5.75 Å². The van der Waals surface area contributed by atoms with E-state index in [0.29, 0.717) is 19.4 Å². The highest BCUT2D eigenvalue weighted by molar-refractivity contribution is 5.86. The quantitative estimate of drug-likeness (QED) is 0.809. The second-order valence-corrected chi connectivity index (χ2v) is 4.92. The van der Waals surface area contributed by atoms with E-state index in [2.05, 4.69) is 5.32 Å². The van der Waals surface area contributed by atoms with Gasteiger partial charge in [0.15, 0.2) is 0 Å². The van der Waals surface area contributed by atoms with Crippen LogP contribution in [0.5, 0.6) is 5.75 Å². The summed E-state index contributed by atoms with van der Waals surface area (Å²) < 4.78 is 15.6. The van der Waals surface area contributed by atoms with Crippen LogP contribution >= 0.6 is 0 Å². The number of hydrogen-bond donors (Lipinski definition) is 1. The average Bonchev–Trinajstić information content (AvgIpc) is 2.43. The minimum Gasteiger partial charge on any atom is -0.497 e. The SMILES string of the molecule is CCOC(=O)C1(Nc2ccc(OC)cc2)CC(OC)C1. The largest absolute Gasteiger partial charge is 0.497 e. The molecule has 0 amide bonds. The Bertz CT molecular complexity index is 451. The predicted molar refractivity (Wildman–Crippen MR) is 76.0 cm³/mol. The van der Waals surface area contributed by atoms with Gasteiger partial charge in [-0.05, 0) is 31.2 Å². The lowest BCUT2D eigenvalue weighted by atomic mass is 9.74. The topological polar surface area (TPSA) is 56.8 Å². The monoisotopic (exact) mass is 279 g/mol. The molecule has 110 valence electrons. The molecular formula is C15H21NO4. The van der Waals surface area contributed by atoms with Crippen LogP contribution in [0.3, 0.4) is 0 Å². The zero-order valence-corrected chi connectivity index (χ0v) is 12.1. The van der Waals surface area contributed by atoms with Gasteiger partial charge in [-0.15, -0.1) is 0 Å². The lowest BCUT2D eigenvalue weighted by molar-refractivity contribution is -0.157. The van der Waals surface area contributed by atoms with Crippen LogP contribution in [0.2, 0.25) is 0 Å². The summed E-state index contributed by atoms with van der Waals surface area (Å²) in [6.45, 7) is 2.19. The molecule has 0 heterocycles. The molecule has 1 aliphatic carbocycles. The number of anilines is 1. The Labute approximate surface area is 119 Å². The molecule has 1 aromatic carbocycles. The molecule has 0 aliphatic heterocycles. The molecule has 1 saturated carbocycles. The second-order valence-electron chi connectivity index (χ2n) is 4.92. The smallest absolute Gasteiger partial charge is 0.331 e. The normalized spacial score (nSPS) is 24.6. The van der Waals surface area contributed by atoms with Gasteiger partial charge in [0.05, 0.1) is 19.8 Å². The Morgan fingerprint density at radius 3 is 2.45 bits per heavy atom. The summed E-state index contributed by atoms with van der Waals surface area (Å²) in [6, 6.07) is 7.49. The van der Waals surface area contributed by atoms with E-state index in [4.69, 9.17) is 14.2 Å². The average molecular weight is 279 g/mol. The van der Waals surface area contributed by atoms with Crippen molar-refractivity contribution >= 4 is 11.7 Å². The van der Waals surface area contributed by atoms with Crippen molar-refractivity contribution in [1.82, 2.24) is 0 Å². The Morgan fingerprint density at radius 1 is 1.30 bits per heavy atom. The van der Waals surface area contributed by atoms with Gasteiger partial charge >= 0.3 is 5.97 Å². The Kier molecular flexibility index (Phi) is 4.49. The van der Waals surface area contributed by atoms with Crippen LogP contribution in [0.4, 0.5) is 5.69 Å². The molecule has 1 N–H and O–H groups in total. The first-order valence-electron chi connectivity index (χ1n) is 6.76. The van der Waals surface area contributed by atoms with E-state index in [-0.39, 0.29) is 12.1 Å². The zero-order valence-electron chi connectivity index (χ0n) is 12.1. The van der Waals surface area contributed by atoms with E-state index in [0.717, 1.165) is 11.4 Å². The number of ether oxygens (including phenoxy) is 3. The minimum absolute atomic E-state index is 0.102. The third kappa shape index (κ3) is 2.88. The lowest BCUT2D eigenvalue weighted by Crippen LogP contribution is -2.59. The van der Waals surface area contributed by atoms with E-state index in [1.807, 2.05) is 31.2 Å². The Morgan fingerprint density at radius 2 is 1.95 bits per heavy atom. The maximum absolute atomic E-state index is 12.2. The molecule has 0 saturated heterocycles. The molecule has 5 nitrogen and oxygen atoms in total. The molecule has 1 aliphatic rings. The molecule has 5 heteroatoms. The fourth-order valence-corrected chi connectivity index (χ4v) is 2.42. The van der Waals surface area contributed by atoms with E-state index in [9.17, 15) is 4.79 Å². The van der Waals surface area contributed by atoms with Crippen molar-refractivity contribution in [3.63, 3.8) is 0 Å². The van der Waals surface area contributed by atoms with Gasteiger partial charge in [-0.25, -0.2) is 4.79 Å². The number of carbonyl (C=O) groups excluding carboxylic acids is 1. The summed E-state index contributed by atoms with van der Waals surface area (Å²) in [7, 11) is 3.28. The van der Waals surface area contributed by atoms with Crippen LogP contribution < -0.4 is 10.1 Å². The van der Waals surface area contributed by atoms with Crippen LogP contribution in [-0.2, 0) is 14.3 Å². The van der Waals surface area contributed by atoms with Crippen molar-refractivity contribution in [3.05, 3.63) is 24.3 Å². The van der Waals surface area contributed by atoms with Crippen molar-refractivity contribution in [2.75, 3.05) is 26.1 Å². The minimum atomic E-state index is -0.675. The molecule has 0 bridgehead atoms. The number of carbonyl (C=O) groups is 1. The number of hydrogen-bond acceptors (Lipinski definition) is 5. The van der Waals surface area contributed by atoms with Gasteiger partial charge in [-0.3, -0.25) is 0 Å². The molecule has 0 aromatic heterocycles. The molecule has 0 spiro atoms. The summed E-state index contributed by atoms with van der Waals surface area (Å²) >= 11 is 0. The number of nitrogens with one attached hydrogen (secondary N) is 1. The van der Waals surface area contributed by atoms with Crippen molar-refractivity contribution in [2.24, 2.45) is 0 Å². The summed E-state index contributed by atoms with van der Waals surface area (Å²) in [5.41, 5.74) is 0.194. The lowest BCUT2D eigenvalue weighted by Gasteiger charge is -2.45. The van der Waals surface area contributed by atoms with Crippen molar-refractivity contribution < 1.29 is 19.0 Å². The maximum Gasteiger partial charge on any atom is 0.331 e. The van der Waals surface area contributed by atoms with Gasteiger partial charge in [0.1, 0.15) is 11.3 Å². The summed E-state index contributed by atoms with van der Waals surface area (Å²) in [5.74, 6) is 0.563. The fourth-order valence-electron chi connectivity index (χ4n) is 2.42. The zero-order chi connectivity index (χ0) is 14.6. The third-order valence-corrected chi connectivity index (χ3v) is 3.63. The first-order chi connectivity index (χ1) is 9.63. The van der Waals surface area contributed by atoms with Crippen molar-refractivity contribution in [1.29, 1.82) is 0 Å². The van der Waals surface area contributed by atoms with E-state index >= 15 is 0 Å². The highest BCUT2D eigenvalue weighted by Crippen LogP contribution is 2.38. The maximum atomic E-state index is 12.2. The van der Waals surface area contributed by atoms with Gasteiger partial charge in [0.2, 0.25) is 0 Å². The highest BCUT2D eigenvalue weighted by Gasteiger charge is 2.52. The van der Waals surface area contributed by atoms with Gasteiger partial charge in [-0.2, -0.15) is 0 Å². The molecule has 20 heavy (non-hydrogen) atoms. The number of rotatable bonds is 6. The number of benzene rings is 1. The Balaban J connectivity index is 2.09. The summed E-state index contributed by atoms with van der Waals surface area (Å²) in [4.78, 5) is 12.2. The molecular weight excluding hydrogens is 258 g/mol. The van der Waals surface area contributed by atoms with Gasteiger partial charge in [0.25, 0.3) is 0 Å². The summed E-state index contributed by atoms with van der Waals surface area (Å²) in [5, 5.41) is 3.28. The van der Waals surface area contributed by atoms with Crippen LogP contribution in [0.25, 0.3) is 0 Å². The number of methoxy groups -OCH3 is 2. The first kappa shape index (κ1) is 14.7. The van der Waals surface area contributed by atoms with E-state index < -0.39 is 5.54 Å². The summed E-state index contributed by atoms with van der Waals surface area (Å²) in [6.07, 6.45) is 1.34. The molecule has 2 rings (SSSR count). The van der Waals surface area contributed by atoms with Gasteiger partial charge in [-0.1, -0.05) is 0 Å². The highest BCUT2D eigenvalue weighted by atomic mass is 16.5.